The molecule has 0 aromatic carbocycles. The Bertz CT molecular complexity index is 663. The number of carbonyl (C=O) groups is 1. The van der Waals surface area contributed by atoms with Crippen molar-refractivity contribution in [2.75, 3.05) is 39.3 Å². The first-order valence-corrected chi connectivity index (χ1v) is 10.4. The Morgan fingerprint density at radius 2 is 1.57 bits per heavy atom. The van der Waals surface area contributed by atoms with E-state index in [1.165, 1.54) is 16.8 Å². The number of amides is 2. The van der Waals surface area contributed by atoms with Crippen molar-refractivity contribution < 1.29 is 13.2 Å². The highest BCUT2D eigenvalue weighted by Crippen LogP contribution is 2.28. The lowest BCUT2D eigenvalue weighted by molar-refractivity contribution is 0.126. The third-order valence-corrected chi connectivity index (χ3v) is 7.88. The standard InChI is InChI=1S/C14H20ClN3O3S2/c15-12-4-5-13(22-12)23(20,21)18-10-8-17(9-11-18)14(19)16-6-2-1-3-7-16/h4-5H,1-3,6-11H2. The fourth-order valence-corrected chi connectivity index (χ4v) is 6.03. The van der Waals surface area contributed by atoms with E-state index >= 15 is 0 Å². The van der Waals surface area contributed by atoms with Crippen LogP contribution in [0.5, 0.6) is 0 Å². The van der Waals surface area contributed by atoms with E-state index in [0.29, 0.717) is 30.5 Å². The van der Waals surface area contributed by atoms with Crippen LogP contribution in [0.1, 0.15) is 19.3 Å². The lowest BCUT2D eigenvalue weighted by Crippen LogP contribution is -2.54. The van der Waals surface area contributed by atoms with Crippen LogP contribution in [0.15, 0.2) is 16.3 Å². The van der Waals surface area contributed by atoms with Crippen LogP contribution in [0.25, 0.3) is 0 Å². The zero-order valence-electron chi connectivity index (χ0n) is 12.8. The first-order valence-electron chi connectivity index (χ1n) is 7.78. The molecule has 128 valence electrons. The summed E-state index contributed by atoms with van der Waals surface area (Å²) in [5, 5.41) is 0. The Balaban J connectivity index is 1.60. The van der Waals surface area contributed by atoms with E-state index < -0.39 is 10.0 Å². The van der Waals surface area contributed by atoms with Gasteiger partial charge in [-0.3, -0.25) is 0 Å². The second-order valence-electron chi connectivity index (χ2n) is 5.78. The number of carbonyl (C=O) groups excluding carboxylic acids is 1. The van der Waals surface area contributed by atoms with Crippen LogP contribution in [0.2, 0.25) is 4.34 Å². The summed E-state index contributed by atoms with van der Waals surface area (Å²) in [7, 11) is -3.50. The molecule has 0 aliphatic carbocycles. The summed E-state index contributed by atoms with van der Waals surface area (Å²) >= 11 is 6.90. The molecule has 0 N–H and O–H groups in total. The lowest BCUT2D eigenvalue weighted by atomic mass is 10.1. The second-order valence-corrected chi connectivity index (χ2v) is 9.66. The number of thiophene rings is 1. The summed E-state index contributed by atoms with van der Waals surface area (Å²) < 4.78 is 27.2. The van der Waals surface area contributed by atoms with Gasteiger partial charge in [-0.15, -0.1) is 11.3 Å². The molecule has 3 rings (SSSR count). The van der Waals surface area contributed by atoms with E-state index in [9.17, 15) is 13.2 Å². The van der Waals surface area contributed by atoms with Gasteiger partial charge in [-0.2, -0.15) is 4.31 Å². The van der Waals surface area contributed by atoms with Crippen LogP contribution in [0, 0.1) is 0 Å². The molecule has 0 radical (unpaired) electrons. The van der Waals surface area contributed by atoms with Gasteiger partial charge in [-0.25, -0.2) is 13.2 Å². The number of piperazine rings is 1. The van der Waals surface area contributed by atoms with Crippen molar-refractivity contribution in [3.8, 4) is 0 Å². The summed E-state index contributed by atoms with van der Waals surface area (Å²) in [6.45, 7) is 3.16. The fraction of sp³-hybridized carbons (Fsp3) is 0.643. The van der Waals surface area contributed by atoms with Crippen LogP contribution < -0.4 is 0 Å². The average molecular weight is 378 g/mol. The Morgan fingerprint density at radius 1 is 0.957 bits per heavy atom. The van der Waals surface area contributed by atoms with Gasteiger partial charge in [0.2, 0.25) is 0 Å². The Kier molecular flexibility index (Phi) is 5.15. The van der Waals surface area contributed by atoms with Crippen molar-refractivity contribution in [2.24, 2.45) is 0 Å². The molecule has 2 aliphatic heterocycles. The molecular formula is C14H20ClN3O3S2. The monoisotopic (exact) mass is 377 g/mol. The van der Waals surface area contributed by atoms with Crippen molar-refractivity contribution in [1.29, 1.82) is 0 Å². The molecule has 3 heterocycles. The summed E-state index contributed by atoms with van der Waals surface area (Å²) in [6.07, 6.45) is 3.29. The summed E-state index contributed by atoms with van der Waals surface area (Å²) in [4.78, 5) is 16.1. The maximum atomic E-state index is 12.5. The molecule has 0 atom stereocenters. The molecule has 0 unspecified atom stereocenters. The van der Waals surface area contributed by atoms with Gasteiger partial charge in [0, 0.05) is 39.3 Å². The first kappa shape index (κ1) is 17.0. The maximum absolute atomic E-state index is 12.5. The van der Waals surface area contributed by atoms with Gasteiger partial charge in [0.25, 0.3) is 10.0 Å². The number of sulfonamides is 1. The summed E-state index contributed by atoms with van der Waals surface area (Å²) in [6, 6.07) is 3.17. The van der Waals surface area contributed by atoms with Crippen LogP contribution in [0.3, 0.4) is 0 Å². The van der Waals surface area contributed by atoms with Crippen molar-refractivity contribution >= 4 is 39.0 Å². The van der Waals surface area contributed by atoms with Crippen molar-refractivity contribution in [2.45, 2.75) is 23.5 Å². The van der Waals surface area contributed by atoms with Gasteiger partial charge in [-0.05, 0) is 31.4 Å². The number of urea groups is 1. The molecule has 2 aliphatic rings. The van der Waals surface area contributed by atoms with Crippen LogP contribution >= 0.6 is 22.9 Å². The topological polar surface area (TPSA) is 60.9 Å². The zero-order valence-corrected chi connectivity index (χ0v) is 15.2. The largest absolute Gasteiger partial charge is 0.325 e. The SMILES string of the molecule is O=C(N1CCCCC1)N1CCN(S(=O)(=O)c2ccc(Cl)s2)CC1. The fourth-order valence-electron chi connectivity index (χ4n) is 2.97. The molecule has 0 bridgehead atoms. The third-order valence-electron chi connectivity index (χ3n) is 4.28. The van der Waals surface area contributed by atoms with Gasteiger partial charge >= 0.3 is 6.03 Å². The van der Waals surface area contributed by atoms with Crippen LogP contribution in [-0.4, -0.2) is 67.8 Å². The summed E-state index contributed by atoms with van der Waals surface area (Å²) in [5.74, 6) is 0. The smallest absolute Gasteiger partial charge is 0.320 e. The Hall–Kier alpha value is -0.830. The van der Waals surface area contributed by atoms with Gasteiger partial charge in [0.1, 0.15) is 4.21 Å². The highest BCUT2D eigenvalue weighted by atomic mass is 35.5. The minimum absolute atomic E-state index is 0.0425. The average Bonchev–Trinajstić information content (AvgIpc) is 3.02. The molecule has 9 heteroatoms. The molecule has 0 spiro atoms. The van der Waals surface area contributed by atoms with Crippen molar-refractivity contribution in [3.63, 3.8) is 0 Å². The Labute approximate surface area is 145 Å². The van der Waals surface area contributed by atoms with Crippen LogP contribution in [-0.2, 0) is 10.0 Å². The molecule has 6 nitrogen and oxygen atoms in total. The summed E-state index contributed by atoms with van der Waals surface area (Å²) in [5.41, 5.74) is 0. The van der Waals surface area contributed by atoms with E-state index in [4.69, 9.17) is 11.6 Å². The number of nitrogens with zero attached hydrogens (tertiary/aromatic N) is 3. The normalized spacial score (nSPS) is 20.7. The van der Waals surface area contributed by atoms with Crippen molar-refractivity contribution in [1.82, 2.24) is 14.1 Å². The molecule has 2 saturated heterocycles. The molecule has 23 heavy (non-hydrogen) atoms. The van der Waals surface area contributed by atoms with Gasteiger partial charge in [-0.1, -0.05) is 11.6 Å². The second kappa shape index (κ2) is 6.96. The van der Waals surface area contributed by atoms with Crippen molar-refractivity contribution in [3.05, 3.63) is 16.5 Å². The molecular weight excluding hydrogens is 358 g/mol. The van der Waals surface area contributed by atoms with Gasteiger partial charge < -0.3 is 9.80 Å². The first-order chi connectivity index (χ1) is 11.0. The van der Waals surface area contributed by atoms with Gasteiger partial charge in [0.05, 0.1) is 4.34 Å². The molecule has 1 aromatic heterocycles. The molecule has 2 amide bonds. The highest BCUT2D eigenvalue weighted by Gasteiger charge is 2.32. The van der Waals surface area contributed by atoms with Gasteiger partial charge in [0.15, 0.2) is 0 Å². The van der Waals surface area contributed by atoms with E-state index in [-0.39, 0.29) is 10.2 Å². The minimum Gasteiger partial charge on any atom is -0.325 e. The number of piperidine rings is 1. The third kappa shape index (κ3) is 3.65. The molecule has 1 aromatic rings. The minimum atomic E-state index is -3.50. The molecule has 2 fully saturated rings. The maximum Gasteiger partial charge on any atom is 0.320 e. The zero-order chi connectivity index (χ0) is 16.4. The van der Waals surface area contributed by atoms with Crippen LogP contribution in [0.4, 0.5) is 4.79 Å². The quantitative estimate of drug-likeness (QED) is 0.794. The number of hydrogen-bond acceptors (Lipinski definition) is 4. The number of rotatable bonds is 2. The number of halogens is 1. The Morgan fingerprint density at radius 3 is 2.13 bits per heavy atom. The van der Waals surface area contributed by atoms with E-state index in [2.05, 4.69) is 0 Å². The highest BCUT2D eigenvalue weighted by molar-refractivity contribution is 7.91. The number of likely N-dealkylation sites (tertiary alicyclic amines) is 1. The predicted molar refractivity (Wildman–Crippen MR) is 90.5 cm³/mol. The van der Waals surface area contributed by atoms with E-state index in [0.717, 1.165) is 37.3 Å². The predicted octanol–water partition coefficient (Wildman–Crippen LogP) is 2.31. The number of hydrogen-bond donors (Lipinski definition) is 0. The lowest BCUT2D eigenvalue weighted by Gasteiger charge is -2.37. The molecule has 0 saturated carbocycles. The van der Waals surface area contributed by atoms with E-state index in [1.54, 1.807) is 11.0 Å². The van der Waals surface area contributed by atoms with E-state index in [1.807, 2.05) is 4.90 Å².